The fourth-order valence-electron chi connectivity index (χ4n) is 1.35. The number of aromatic nitrogens is 2. The molecular weight excluding hydrogens is 206 g/mol. The molecule has 0 unspecified atom stereocenters. The predicted octanol–water partition coefficient (Wildman–Crippen LogP) is 1.37. The monoisotopic (exact) mass is 219 g/mol. The smallest absolute Gasteiger partial charge is 0.213 e. The Morgan fingerprint density at radius 3 is 3.12 bits per heavy atom. The fourth-order valence-corrected chi connectivity index (χ4v) is 1.35. The van der Waals surface area contributed by atoms with Crippen LogP contribution in [0.25, 0.3) is 0 Å². The molecule has 0 fully saturated rings. The van der Waals surface area contributed by atoms with Gasteiger partial charge in [-0.1, -0.05) is 17.3 Å². The second-order valence-electron chi connectivity index (χ2n) is 3.31. The van der Waals surface area contributed by atoms with E-state index >= 15 is 0 Å². The van der Waals surface area contributed by atoms with Gasteiger partial charge in [-0.05, 0) is 24.7 Å². The van der Waals surface area contributed by atoms with E-state index in [2.05, 4.69) is 20.0 Å². The van der Waals surface area contributed by atoms with Crippen LogP contribution < -0.4 is 10.1 Å². The van der Waals surface area contributed by atoms with Gasteiger partial charge in [0.15, 0.2) is 6.61 Å². The lowest BCUT2D eigenvalue weighted by Gasteiger charge is -2.05. The van der Waals surface area contributed by atoms with Gasteiger partial charge >= 0.3 is 0 Å². The van der Waals surface area contributed by atoms with Crippen molar-refractivity contribution in [3.8, 4) is 5.75 Å². The molecule has 0 bridgehead atoms. The summed E-state index contributed by atoms with van der Waals surface area (Å²) in [5.41, 5.74) is 1.17. The fraction of sp³-hybridized carbons (Fsp3) is 0.273. The zero-order chi connectivity index (χ0) is 11.2. The highest BCUT2D eigenvalue weighted by Crippen LogP contribution is 2.14. The number of nitrogens with one attached hydrogen (secondary N) is 1. The SMILES string of the molecule is CNCc1cccc(OCc2ncon2)c1. The molecule has 0 saturated heterocycles. The Bertz CT molecular complexity index is 429. The molecule has 0 saturated carbocycles. The first-order chi connectivity index (χ1) is 7.88. The Hall–Kier alpha value is -1.88. The second kappa shape index (κ2) is 5.27. The van der Waals surface area contributed by atoms with Gasteiger partial charge in [0.2, 0.25) is 12.2 Å². The summed E-state index contributed by atoms with van der Waals surface area (Å²) in [7, 11) is 1.91. The molecule has 0 amide bonds. The van der Waals surface area contributed by atoms with Crippen LogP contribution in [0.15, 0.2) is 35.2 Å². The minimum Gasteiger partial charge on any atom is -0.485 e. The molecule has 0 aliphatic heterocycles. The van der Waals surface area contributed by atoms with Crippen molar-refractivity contribution in [1.82, 2.24) is 15.5 Å². The van der Waals surface area contributed by atoms with E-state index in [0.29, 0.717) is 12.4 Å². The van der Waals surface area contributed by atoms with E-state index in [1.54, 1.807) is 0 Å². The Balaban J connectivity index is 1.96. The third kappa shape index (κ3) is 2.80. The third-order valence-electron chi connectivity index (χ3n) is 2.05. The zero-order valence-electron chi connectivity index (χ0n) is 9.01. The summed E-state index contributed by atoms with van der Waals surface area (Å²) in [6, 6.07) is 7.88. The summed E-state index contributed by atoms with van der Waals surface area (Å²) in [6.07, 6.45) is 1.29. The molecule has 1 aromatic carbocycles. The average molecular weight is 219 g/mol. The van der Waals surface area contributed by atoms with Crippen LogP contribution in [0.2, 0.25) is 0 Å². The molecule has 1 N–H and O–H groups in total. The summed E-state index contributed by atoms with van der Waals surface area (Å²) in [5.74, 6) is 1.34. The van der Waals surface area contributed by atoms with Crippen LogP contribution in [0, 0.1) is 0 Å². The van der Waals surface area contributed by atoms with Crippen LogP contribution in [-0.2, 0) is 13.2 Å². The van der Waals surface area contributed by atoms with E-state index in [9.17, 15) is 0 Å². The minimum absolute atomic E-state index is 0.319. The maximum Gasteiger partial charge on any atom is 0.213 e. The summed E-state index contributed by atoms with van der Waals surface area (Å²) in [5, 5.41) is 6.75. The lowest BCUT2D eigenvalue weighted by molar-refractivity contribution is 0.286. The van der Waals surface area contributed by atoms with Crippen LogP contribution in [-0.4, -0.2) is 17.2 Å². The van der Waals surface area contributed by atoms with Gasteiger partial charge in [0, 0.05) is 6.54 Å². The Kier molecular flexibility index (Phi) is 3.50. The average Bonchev–Trinajstić information content (AvgIpc) is 2.80. The topological polar surface area (TPSA) is 60.2 Å². The number of hydrogen-bond acceptors (Lipinski definition) is 5. The molecule has 0 atom stereocenters. The number of benzene rings is 1. The van der Waals surface area contributed by atoms with Crippen molar-refractivity contribution in [2.45, 2.75) is 13.2 Å². The van der Waals surface area contributed by atoms with Crippen molar-refractivity contribution in [3.63, 3.8) is 0 Å². The molecular formula is C11H13N3O2. The maximum absolute atomic E-state index is 5.52. The predicted molar refractivity (Wildman–Crippen MR) is 57.8 cm³/mol. The standard InChI is InChI=1S/C11H13N3O2/c1-12-6-9-3-2-4-10(5-9)15-7-11-13-8-16-14-11/h2-5,8,12H,6-7H2,1H3. The third-order valence-corrected chi connectivity index (χ3v) is 2.05. The molecule has 1 heterocycles. The van der Waals surface area contributed by atoms with Crippen molar-refractivity contribution in [1.29, 1.82) is 0 Å². The van der Waals surface area contributed by atoms with Gasteiger partial charge in [-0.2, -0.15) is 4.98 Å². The molecule has 2 aromatic rings. The molecule has 1 aromatic heterocycles. The van der Waals surface area contributed by atoms with E-state index in [4.69, 9.17) is 4.74 Å². The van der Waals surface area contributed by atoms with Gasteiger partial charge in [0.1, 0.15) is 5.75 Å². The van der Waals surface area contributed by atoms with Gasteiger partial charge in [-0.3, -0.25) is 0 Å². The highest BCUT2D eigenvalue weighted by Gasteiger charge is 2.00. The van der Waals surface area contributed by atoms with Gasteiger partial charge in [0.05, 0.1) is 0 Å². The molecule has 0 radical (unpaired) electrons. The maximum atomic E-state index is 5.52. The van der Waals surface area contributed by atoms with Crippen molar-refractivity contribution in [2.24, 2.45) is 0 Å². The number of ether oxygens (including phenoxy) is 1. The minimum atomic E-state index is 0.319. The Labute approximate surface area is 93.4 Å². The van der Waals surface area contributed by atoms with Gasteiger partial charge in [-0.25, -0.2) is 0 Å². The number of hydrogen-bond donors (Lipinski definition) is 1. The van der Waals surface area contributed by atoms with Crippen molar-refractivity contribution < 1.29 is 9.26 Å². The lowest BCUT2D eigenvalue weighted by atomic mass is 10.2. The van der Waals surface area contributed by atoms with Crippen LogP contribution in [0.3, 0.4) is 0 Å². The summed E-state index contributed by atoms with van der Waals surface area (Å²) >= 11 is 0. The van der Waals surface area contributed by atoms with Gasteiger partial charge in [0.25, 0.3) is 0 Å². The van der Waals surface area contributed by atoms with Crippen LogP contribution in [0.1, 0.15) is 11.4 Å². The van der Waals surface area contributed by atoms with E-state index in [0.717, 1.165) is 12.3 Å². The van der Waals surface area contributed by atoms with E-state index < -0.39 is 0 Å². The molecule has 0 aliphatic carbocycles. The van der Waals surface area contributed by atoms with Crippen LogP contribution in [0.5, 0.6) is 5.75 Å². The Morgan fingerprint density at radius 1 is 1.44 bits per heavy atom. The molecule has 16 heavy (non-hydrogen) atoms. The van der Waals surface area contributed by atoms with Crippen molar-refractivity contribution in [2.75, 3.05) is 7.05 Å². The summed E-state index contributed by atoms with van der Waals surface area (Å²) in [6.45, 7) is 1.14. The lowest BCUT2D eigenvalue weighted by Crippen LogP contribution is -2.05. The van der Waals surface area contributed by atoms with E-state index in [-0.39, 0.29) is 0 Å². The largest absolute Gasteiger partial charge is 0.485 e. The normalized spacial score (nSPS) is 10.3. The second-order valence-corrected chi connectivity index (χ2v) is 3.31. The first-order valence-corrected chi connectivity index (χ1v) is 5.00. The molecule has 5 nitrogen and oxygen atoms in total. The zero-order valence-corrected chi connectivity index (χ0v) is 9.01. The number of nitrogens with zero attached hydrogens (tertiary/aromatic N) is 2. The Morgan fingerprint density at radius 2 is 2.38 bits per heavy atom. The van der Waals surface area contributed by atoms with Crippen LogP contribution in [0.4, 0.5) is 0 Å². The highest BCUT2D eigenvalue weighted by molar-refractivity contribution is 5.28. The molecule has 0 spiro atoms. The molecule has 2 rings (SSSR count). The van der Waals surface area contributed by atoms with Crippen molar-refractivity contribution >= 4 is 0 Å². The molecule has 0 aliphatic rings. The van der Waals surface area contributed by atoms with Gasteiger partial charge in [-0.15, -0.1) is 0 Å². The first kappa shape index (κ1) is 10.6. The van der Waals surface area contributed by atoms with Crippen molar-refractivity contribution in [3.05, 3.63) is 42.0 Å². The first-order valence-electron chi connectivity index (χ1n) is 5.00. The van der Waals surface area contributed by atoms with Gasteiger partial charge < -0.3 is 14.6 Å². The highest BCUT2D eigenvalue weighted by atomic mass is 16.5. The van der Waals surface area contributed by atoms with Crippen LogP contribution >= 0.6 is 0 Å². The summed E-state index contributed by atoms with van der Waals surface area (Å²) < 4.78 is 10.1. The quantitative estimate of drug-likeness (QED) is 0.822. The van der Waals surface area contributed by atoms with E-state index in [1.807, 2.05) is 31.3 Å². The molecule has 5 heteroatoms. The van der Waals surface area contributed by atoms with E-state index in [1.165, 1.54) is 12.0 Å². The summed E-state index contributed by atoms with van der Waals surface area (Å²) in [4.78, 5) is 3.87. The number of rotatable bonds is 5. The molecule has 84 valence electrons.